The fourth-order valence-corrected chi connectivity index (χ4v) is 4.98. The number of likely N-dealkylation sites (tertiary alicyclic amines) is 1. The number of aliphatic hydroxyl groups is 1. The average Bonchev–Trinajstić information content (AvgIpc) is 3.41. The highest BCUT2D eigenvalue weighted by Crippen LogP contribution is 2.35. The number of rotatable bonds is 9. The number of hydrogen-bond acceptors (Lipinski definition) is 5. The van der Waals surface area contributed by atoms with Gasteiger partial charge < -0.3 is 14.4 Å². The normalized spacial score (nSPS) is 18.8. The zero-order chi connectivity index (χ0) is 22.9. The van der Waals surface area contributed by atoms with Gasteiger partial charge in [-0.1, -0.05) is 11.6 Å². The van der Waals surface area contributed by atoms with Crippen LogP contribution in [0.2, 0.25) is 5.02 Å². The molecule has 0 radical (unpaired) electrons. The Kier molecular flexibility index (Phi) is 6.27. The van der Waals surface area contributed by atoms with Crippen molar-refractivity contribution in [1.82, 2.24) is 9.47 Å². The fraction of sp³-hybridized carbons (Fsp3) is 0.440. The van der Waals surface area contributed by atoms with Crippen molar-refractivity contribution in [2.45, 2.75) is 51.4 Å². The summed E-state index contributed by atoms with van der Waals surface area (Å²) in [4.78, 5) is 13.3. The van der Waals surface area contributed by atoms with Gasteiger partial charge in [0.25, 0.3) is 5.69 Å². The van der Waals surface area contributed by atoms with E-state index < -0.39 is 4.92 Å². The van der Waals surface area contributed by atoms with Gasteiger partial charge in [-0.25, -0.2) is 0 Å². The predicted octanol–water partition coefficient (Wildman–Crippen LogP) is 5.15. The van der Waals surface area contributed by atoms with Gasteiger partial charge in [-0.05, 0) is 74.0 Å². The minimum atomic E-state index is -0.433. The van der Waals surface area contributed by atoms with Gasteiger partial charge in [-0.3, -0.25) is 15.0 Å². The fourth-order valence-electron chi connectivity index (χ4n) is 4.81. The molecule has 2 fully saturated rings. The first kappa shape index (κ1) is 22.2. The van der Waals surface area contributed by atoms with E-state index in [2.05, 4.69) is 21.7 Å². The topological polar surface area (TPSA) is 80.8 Å². The predicted molar refractivity (Wildman–Crippen MR) is 128 cm³/mol. The van der Waals surface area contributed by atoms with Crippen LogP contribution in [0.5, 0.6) is 5.75 Å². The quantitative estimate of drug-likeness (QED) is 0.346. The van der Waals surface area contributed by atoms with E-state index in [0.717, 1.165) is 43.8 Å². The lowest BCUT2D eigenvalue weighted by Gasteiger charge is -2.22. The van der Waals surface area contributed by atoms with Gasteiger partial charge in [-0.15, -0.1) is 0 Å². The highest BCUT2D eigenvalue weighted by atomic mass is 35.5. The lowest BCUT2D eigenvalue weighted by molar-refractivity contribution is -0.385. The monoisotopic (exact) mass is 469 g/mol. The molecule has 8 heteroatoms. The van der Waals surface area contributed by atoms with Crippen LogP contribution in [0.3, 0.4) is 0 Å². The molecule has 1 aliphatic carbocycles. The molecule has 0 unspecified atom stereocenters. The molecule has 1 aromatic heterocycles. The number of ether oxygens (including phenoxy) is 1. The standard InChI is InChI=1S/C25H28ClN3O4/c26-20-6-5-18(25(10-20)29(31)32)16-33-22-7-8-24-23(11-22)19(14-28(24)12-17-3-4-17)13-27-9-1-2-21(27)15-30/h5-8,10-11,14,17,21,30H,1-4,9,12-13,15-16H2/t21-/m0/s1. The SMILES string of the molecule is O=[N+]([O-])c1cc(Cl)ccc1COc1ccc2c(c1)c(CN1CCC[C@H]1CO)cn2CC1CC1. The summed E-state index contributed by atoms with van der Waals surface area (Å²) in [5.41, 5.74) is 2.86. The highest BCUT2D eigenvalue weighted by molar-refractivity contribution is 6.30. The van der Waals surface area contributed by atoms with Crippen molar-refractivity contribution >= 4 is 28.2 Å². The van der Waals surface area contributed by atoms with Crippen molar-refractivity contribution in [3.05, 3.63) is 68.9 Å². The third kappa shape index (κ3) is 4.86. The van der Waals surface area contributed by atoms with Gasteiger partial charge in [0.1, 0.15) is 12.4 Å². The van der Waals surface area contributed by atoms with Gasteiger partial charge in [-0.2, -0.15) is 0 Å². The number of fused-ring (bicyclic) bond motifs is 1. The van der Waals surface area contributed by atoms with Crippen molar-refractivity contribution in [3.63, 3.8) is 0 Å². The van der Waals surface area contributed by atoms with Crippen LogP contribution in [0.25, 0.3) is 10.9 Å². The number of nitrogens with zero attached hydrogens (tertiary/aromatic N) is 3. The third-order valence-electron chi connectivity index (χ3n) is 6.81. The Morgan fingerprint density at radius 2 is 2.00 bits per heavy atom. The van der Waals surface area contributed by atoms with Crippen molar-refractivity contribution in [3.8, 4) is 5.75 Å². The van der Waals surface area contributed by atoms with Gasteiger partial charge >= 0.3 is 0 Å². The molecule has 1 saturated heterocycles. The minimum absolute atomic E-state index is 0.0380. The number of nitro benzene ring substituents is 1. The Morgan fingerprint density at radius 3 is 2.76 bits per heavy atom. The lowest BCUT2D eigenvalue weighted by Crippen LogP contribution is -2.31. The molecule has 2 aromatic carbocycles. The molecule has 7 nitrogen and oxygen atoms in total. The number of benzene rings is 2. The largest absolute Gasteiger partial charge is 0.489 e. The summed E-state index contributed by atoms with van der Waals surface area (Å²) >= 11 is 5.93. The number of nitro groups is 1. The number of hydrogen-bond donors (Lipinski definition) is 1. The molecule has 1 atom stereocenters. The summed E-state index contributed by atoms with van der Waals surface area (Å²) in [5, 5.41) is 22.6. The van der Waals surface area contributed by atoms with E-state index >= 15 is 0 Å². The molecule has 1 N–H and O–H groups in total. The molecule has 0 spiro atoms. The first-order valence-electron chi connectivity index (χ1n) is 11.5. The van der Waals surface area contributed by atoms with E-state index in [1.807, 2.05) is 12.1 Å². The molecule has 174 valence electrons. The molecule has 0 amide bonds. The summed E-state index contributed by atoms with van der Waals surface area (Å²) < 4.78 is 8.34. The maximum Gasteiger partial charge on any atom is 0.277 e. The van der Waals surface area contributed by atoms with Crippen molar-refractivity contribution in [2.75, 3.05) is 13.2 Å². The molecule has 2 aliphatic rings. The Bertz CT molecular complexity index is 1170. The van der Waals surface area contributed by atoms with Crippen LogP contribution in [-0.4, -0.2) is 38.7 Å². The molecular weight excluding hydrogens is 442 g/mol. The first-order valence-corrected chi connectivity index (χ1v) is 11.9. The molecule has 1 aliphatic heterocycles. The van der Waals surface area contributed by atoms with E-state index in [1.165, 1.54) is 30.0 Å². The second-order valence-corrected chi connectivity index (χ2v) is 9.63. The van der Waals surface area contributed by atoms with Crippen LogP contribution >= 0.6 is 11.6 Å². The van der Waals surface area contributed by atoms with Gasteiger partial charge in [0.05, 0.1) is 17.1 Å². The van der Waals surface area contributed by atoms with Crippen LogP contribution in [-0.2, 0) is 19.7 Å². The molecule has 5 rings (SSSR count). The molecule has 3 aromatic rings. The molecule has 2 heterocycles. The van der Waals surface area contributed by atoms with E-state index in [-0.39, 0.29) is 24.9 Å². The second kappa shape index (κ2) is 9.33. The zero-order valence-corrected chi connectivity index (χ0v) is 19.2. The van der Waals surface area contributed by atoms with Gasteiger partial charge in [0.2, 0.25) is 0 Å². The maximum absolute atomic E-state index is 11.4. The van der Waals surface area contributed by atoms with Crippen LogP contribution in [0.4, 0.5) is 5.69 Å². The van der Waals surface area contributed by atoms with E-state index in [1.54, 1.807) is 12.1 Å². The molecule has 0 bridgehead atoms. The zero-order valence-electron chi connectivity index (χ0n) is 18.5. The van der Waals surface area contributed by atoms with Crippen molar-refractivity contribution in [2.24, 2.45) is 5.92 Å². The van der Waals surface area contributed by atoms with Crippen LogP contribution < -0.4 is 4.74 Å². The van der Waals surface area contributed by atoms with Crippen LogP contribution in [0.1, 0.15) is 36.8 Å². The second-order valence-electron chi connectivity index (χ2n) is 9.20. The summed E-state index contributed by atoms with van der Waals surface area (Å²) in [6, 6.07) is 10.9. The van der Waals surface area contributed by atoms with Gasteiger partial charge in [0, 0.05) is 47.3 Å². The maximum atomic E-state index is 11.4. The molecule has 33 heavy (non-hydrogen) atoms. The van der Waals surface area contributed by atoms with Crippen LogP contribution in [0, 0.1) is 16.0 Å². The summed E-state index contributed by atoms with van der Waals surface area (Å²) in [6.45, 7) is 3.10. The highest BCUT2D eigenvalue weighted by Gasteiger charge is 2.26. The number of aromatic nitrogens is 1. The third-order valence-corrected chi connectivity index (χ3v) is 7.04. The van der Waals surface area contributed by atoms with E-state index in [0.29, 0.717) is 16.3 Å². The van der Waals surface area contributed by atoms with E-state index in [9.17, 15) is 15.2 Å². The Balaban J connectivity index is 1.42. The minimum Gasteiger partial charge on any atom is -0.489 e. The molecular formula is C25H28ClN3O4. The Labute approximate surface area is 197 Å². The lowest BCUT2D eigenvalue weighted by atomic mass is 10.1. The van der Waals surface area contributed by atoms with Gasteiger partial charge in [0.15, 0.2) is 0 Å². The summed E-state index contributed by atoms with van der Waals surface area (Å²) in [5.74, 6) is 1.43. The smallest absolute Gasteiger partial charge is 0.277 e. The van der Waals surface area contributed by atoms with Crippen molar-refractivity contribution < 1.29 is 14.8 Å². The van der Waals surface area contributed by atoms with Crippen molar-refractivity contribution in [1.29, 1.82) is 0 Å². The summed E-state index contributed by atoms with van der Waals surface area (Å²) in [6.07, 6.45) is 6.97. The average molecular weight is 470 g/mol. The molecule has 1 saturated carbocycles. The first-order chi connectivity index (χ1) is 16.0. The van der Waals surface area contributed by atoms with Crippen LogP contribution in [0.15, 0.2) is 42.6 Å². The number of aliphatic hydroxyl groups excluding tert-OH is 1. The van der Waals surface area contributed by atoms with E-state index in [4.69, 9.17) is 16.3 Å². The summed E-state index contributed by atoms with van der Waals surface area (Å²) in [7, 11) is 0. The number of halogens is 1. The Hall–Kier alpha value is -2.61. The Morgan fingerprint density at radius 1 is 1.15 bits per heavy atom.